The first-order chi connectivity index (χ1) is 9.43. The topological polar surface area (TPSA) is 23.5 Å². The predicted molar refractivity (Wildman–Crippen MR) is 69.0 cm³/mol. The van der Waals surface area contributed by atoms with Crippen molar-refractivity contribution in [2.75, 3.05) is 0 Å². The number of fused-ring (bicyclic) bond motifs is 2. The number of aliphatic hydroxyl groups excluding tert-OH is 1. The molecule has 2 atom stereocenters. The SMILES string of the molecule is OC1CC2CCC(C1)N2Cc1ccc(C(F)(F)F)cc1. The first-order valence-corrected chi connectivity index (χ1v) is 7.03. The van der Waals surface area contributed by atoms with E-state index in [4.69, 9.17) is 0 Å². The molecule has 0 aliphatic carbocycles. The Kier molecular flexibility index (Phi) is 3.50. The first kappa shape index (κ1) is 13.9. The van der Waals surface area contributed by atoms with E-state index >= 15 is 0 Å². The lowest BCUT2D eigenvalue weighted by Crippen LogP contribution is -2.44. The van der Waals surface area contributed by atoms with Crippen molar-refractivity contribution < 1.29 is 18.3 Å². The maximum Gasteiger partial charge on any atom is 0.416 e. The molecule has 0 spiro atoms. The second-order valence-corrected chi connectivity index (χ2v) is 5.88. The largest absolute Gasteiger partial charge is 0.416 e. The molecule has 2 saturated heterocycles. The first-order valence-electron chi connectivity index (χ1n) is 7.03. The van der Waals surface area contributed by atoms with E-state index in [1.165, 1.54) is 0 Å². The molecule has 1 aromatic rings. The molecule has 0 radical (unpaired) electrons. The summed E-state index contributed by atoms with van der Waals surface area (Å²) in [7, 11) is 0. The molecule has 2 aliphatic rings. The van der Waals surface area contributed by atoms with E-state index in [9.17, 15) is 18.3 Å². The van der Waals surface area contributed by atoms with Crippen molar-refractivity contribution in [2.45, 2.75) is 56.6 Å². The van der Waals surface area contributed by atoms with Gasteiger partial charge in [0.1, 0.15) is 0 Å². The van der Waals surface area contributed by atoms with Gasteiger partial charge in [0, 0.05) is 18.6 Å². The van der Waals surface area contributed by atoms with Crippen molar-refractivity contribution in [1.29, 1.82) is 0 Å². The number of benzene rings is 1. The highest BCUT2D eigenvalue weighted by Crippen LogP contribution is 2.37. The number of nitrogens with zero attached hydrogens (tertiary/aromatic N) is 1. The minimum absolute atomic E-state index is 0.212. The number of piperidine rings is 1. The Morgan fingerprint density at radius 3 is 2.10 bits per heavy atom. The fourth-order valence-electron chi connectivity index (χ4n) is 3.51. The summed E-state index contributed by atoms with van der Waals surface area (Å²) in [5.41, 5.74) is 0.310. The van der Waals surface area contributed by atoms with Gasteiger partial charge in [-0.25, -0.2) is 0 Å². The zero-order valence-corrected chi connectivity index (χ0v) is 11.1. The molecule has 2 fully saturated rings. The van der Waals surface area contributed by atoms with Gasteiger partial charge in [0.15, 0.2) is 0 Å². The van der Waals surface area contributed by atoms with Gasteiger partial charge in [0.05, 0.1) is 11.7 Å². The van der Waals surface area contributed by atoms with Gasteiger partial charge in [0.25, 0.3) is 0 Å². The molecule has 1 N–H and O–H groups in total. The Morgan fingerprint density at radius 1 is 1.05 bits per heavy atom. The lowest BCUT2D eigenvalue weighted by molar-refractivity contribution is -0.137. The van der Waals surface area contributed by atoms with Gasteiger partial charge < -0.3 is 5.11 Å². The summed E-state index contributed by atoms with van der Waals surface area (Å²) in [5, 5.41) is 9.75. The van der Waals surface area contributed by atoms with Gasteiger partial charge in [0.2, 0.25) is 0 Å². The zero-order valence-electron chi connectivity index (χ0n) is 11.1. The Hall–Kier alpha value is -1.07. The summed E-state index contributed by atoms with van der Waals surface area (Å²) >= 11 is 0. The predicted octanol–water partition coefficient (Wildman–Crippen LogP) is 3.19. The van der Waals surface area contributed by atoms with Crippen LogP contribution in [0.2, 0.25) is 0 Å². The molecule has 0 aromatic heterocycles. The van der Waals surface area contributed by atoms with Crippen LogP contribution in [0.15, 0.2) is 24.3 Å². The summed E-state index contributed by atoms with van der Waals surface area (Å²) in [6, 6.07) is 6.18. The maximum atomic E-state index is 12.5. The summed E-state index contributed by atoms with van der Waals surface area (Å²) in [6.07, 6.45) is -0.734. The molecule has 2 nitrogen and oxygen atoms in total. The maximum absolute atomic E-state index is 12.5. The number of aliphatic hydroxyl groups is 1. The number of hydrogen-bond acceptors (Lipinski definition) is 2. The van der Waals surface area contributed by atoms with E-state index in [1.54, 1.807) is 12.1 Å². The summed E-state index contributed by atoms with van der Waals surface area (Å²) < 4.78 is 37.6. The highest BCUT2D eigenvalue weighted by atomic mass is 19.4. The zero-order chi connectivity index (χ0) is 14.3. The monoisotopic (exact) mass is 285 g/mol. The van der Waals surface area contributed by atoms with Crippen molar-refractivity contribution in [3.05, 3.63) is 35.4 Å². The Labute approximate surface area is 116 Å². The Bertz CT molecular complexity index is 457. The van der Waals surface area contributed by atoms with Gasteiger partial charge >= 0.3 is 6.18 Å². The molecule has 2 unspecified atom stereocenters. The molecule has 1 aromatic carbocycles. The average Bonchev–Trinajstić information content (AvgIpc) is 2.62. The van der Waals surface area contributed by atoms with Gasteiger partial charge in [-0.05, 0) is 43.4 Å². The van der Waals surface area contributed by atoms with E-state index in [-0.39, 0.29) is 6.10 Å². The van der Waals surface area contributed by atoms with Crippen LogP contribution in [0.1, 0.15) is 36.8 Å². The van der Waals surface area contributed by atoms with Gasteiger partial charge in [-0.3, -0.25) is 4.90 Å². The van der Waals surface area contributed by atoms with Crippen molar-refractivity contribution in [3.8, 4) is 0 Å². The molecule has 0 amide bonds. The molecule has 0 saturated carbocycles. The molecule has 2 aliphatic heterocycles. The lowest BCUT2D eigenvalue weighted by atomic mass is 9.99. The third-order valence-corrected chi connectivity index (χ3v) is 4.51. The standard InChI is InChI=1S/C15H18F3NO/c16-15(17,18)11-3-1-10(2-4-11)9-19-12-5-6-13(19)8-14(20)7-12/h1-4,12-14,20H,5-9H2. The Balaban J connectivity index is 1.70. The van der Waals surface area contributed by atoms with Crippen LogP contribution < -0.4 is 0 Å². The van der Waals surface area contributed by atoms with Crippen molar-refractivity contribution in [2.24, 2.45) is 0 Å². The molecule has 20 heavy (non-hydrogen) atoms. The van der Waals surface area contributed by atoms with Crippen LogP contribution in [-0.4, -0.2) is 28.2 Å². The number of hydrogen-bond donors (Lipinski definition) is 1. The van der Waals surface area contributed by atoms with Crippen LogP contribution in [0.25, 0.3) is 0 Å². The van der Waals surface area contributed by atoms with Crippen LogP contribution in [0.5, 0.6) is 0 Å². The summed E-state index contributed by atoms with van der Waals surface area (Å²) in [5.74, 6) is 0. The second-order valence-electron chi connectivity index (χ2n) is 5.88. The third kappa shape index (κ3) is 2.69. The van der Waals surface area contributed by atoms with E-state index in [1.807, 2.05) is 0 Å². The van der Waals surface area contributed by atoms with Crippen molar-refractivity contribution in [3.63, 3.8) is 0 Å². The summed E-state index contributed by atoms with van der Waals surface area (Å²) in [4.78, 5) is 2.34. The number of halogens is 3. The highest BCUT2D eigenvalue weighted by molar-refractivity contribution is 5.25. The van der Waals surface area contributed by atoms with Crippen LogP contribution >= 0.6 is 0 Å². The second kappa shape index (κ2) is 5.04. The fraction of sp³-hybridized carbons (Fsp3) is 0.600. The fourth-order valence-corrected chi connectivity index (χ4v) is 3.51. The molecule has 110 valence electrons. The normalized spacial score (nSPS) is 30.7. The third-order valence-electron chi connectivity index (χ3n) is 4.51. The molecular weight excluding hydrogens is 267 g/mol. The van der Waals surface area contributed by atoms with E-state index in [2.05, 4.69) is 4.90 Å². The molecule has 2 heterocycles. The Morgan fingerprint density at radius 2 is 1.60 bits per heavy atom. The molecule has 3 rings (SSSR count). The van der Waals surface area contributed by atoms with Crippen LogP contribution in [-0.2, 0) is 12.7 Å². The van der Waals surface area contributed by atoms with Gasteiger partial charge in [-0.1, -0.05) is 12.1 Å². The average molecular weight is 285 g/mol. The van der Waals surface area contributed by atoms with E-state index in [0.29, 0.717) is 18.6 Å². The van der Waals surface area contributed by atoms with Crippen molar-refractivity contribution in [1.82, 2.24) is 4.90 Å². The minimum Gasteiger partial charge on any atom is -0.393 e. The minimum atomic E-state index is -4.27. The van der Waals surface area contributed by atoms with Crippen molar-refractivity contribution >= 4 is 0 Å². The van der Waals surface area contributed by atoms with E-state index < -0.39 is 11.7 Å². The van der Waals surface area contributed by atoms with Crippen LogP contribution in [0, 0.1) is 0 Å². The number of alkyl halides is 3. The molecular formula is C15H18F3NO. The molecule has 5 heteroatoms. The quantitative estimate of drug-likeness (QED) is 0.902. The van der Waals surface area contributed by atoms with Crippen LogP contribution in [0.3, 0.4) is 0 Å². The number of rotatable bonds is 2. The van der Waals surface area contributed by atoms with E-state index in [0.717, 1.165) is 43.4 Å². The summed E-state index contributed by atoms with van der Waals surface area (Å²) in [6.45, 7) is 0.681. The lowest BCUT2D eigenvalue weighted by Gasteiger charge is -2.37. The van der Waals surface area contributed by atoms with Gasteiger partial charge in [-0.15, -0.1) is 0 Å². The smallest absolute Gasteiger partial charge is 0.393 e. The molecule has 2 bridgehead atoms. The highest BCUT2D eigenvalue weighted by Gasteiger charge is 2.40. The van der Waals surface area contributed by atoms with Gasteiger partial charge in [-0.2, -0.15) is 13.2 Å². The van der Waals surface area contributed by atoms with Crippen LogP contribution in [0.4, 0.5) is 13.2 Å².